The zero-order valence-electron chi connectivity index (χ0n) is 15.9. The standard InChI is InChI=1S/C18H21N7O3S/c1-18(10-9-12-5-3-2-4-6-12)15(27)25(16(28)19-18)21-14(26)11-29-17-20-22-23-24(17)13-7-8-13/h2-6,13H,7-11H2,1H3,(H,19,28)(H,21,26)/t18-/m1/s1. The third kappa shape index (κ3) is 4.24. The Labute approximate surface area is 171 Å². The molecule has 1 atom stereocenters. The molecule has 1 aliphatic carbocycles. The van der Waals surface area contributed by atoms with Gasteiger partial charge in [-0.2, -0.15) is 5.01 Å². The van der Waals surface area contributed by atoms with Gasteiger partial charge in [0.1, 0.15) is 5.54 Å². The molecule has 2 heterocycles. The van der Waals surface area contributed by atoms with Crippen molar-refractivity contribution in [3.63, 3.8) is 0 Å². The van der Waals surface area contributed by atoms with Crippen LogP contribution in [0, 0.1) is 0 Å². The fraction of sp³-hybridized carbons (Fsp3) is 0.444. The van der Waals surface area contributed by atoms with E-state index in [9.17, 15) is 14.4 Å². The number of nitrogens with zero attached hydrogens (tertiary/aromatic N) is 5. The molecule has 0 unspecified atom stereocenters. The molecule has 1 saturated carbocycles. The lowest BCUT2D eigenvalue weighted by Gasteiger charge is -2.21. The number of aromatic nitrogens is 4. The summed E-state index contributed by atoms with van der Waals surface area (Å²) < 4.78 is 1.70. The van der Waals surface area contributed by atoms with Crippen molar-refractivity contribution in [1.82, 2.24) is 36.0 Å². The van der Waals surface area contributed by atoms with Crippen LogP contribution in [0.2, 0.25) is 0 Å². The number of nitrogens with one attached hydrogen (secondary N) is 2. The van der Waals surface area contributed by atoms with Gasteiger partial charge in [0.05, 0.1) is 11.8 Å². The van der Waals surface area contributed by atoms with Crippen molar-refractivity contribution in [2.45, 2.75) is 49.3 Å². The van der Waals surface area contributed by atoms with Gasteiger partial charge >= 0.3 is 6.03 Å². The van der Waals surface area contributed by atoms with Crippen LogP contribution in [0.25, 0.3) is 0 Å². The largest absolute Gasteiger partial charge is 0.344 e. The molecule has 0 radical (unpaired) electrons. The maximum absolute atomic E-state index is 12.8. The zero-order chi connectivity index (χ0) is 20.4. The first-order valence-corrected chi connectivity index (χ1v) is 10.4. The van der Waals surface area contributed by atoms with E-state index in [4.69, 9.17) is 0 Å². The van der Waals surface area contributed by atoms with Gasteiger partial charge < -0.3 is 5.32 Å². The smallest absolute Gasteiger partial charge is 0.322 e. The molecule has 4 rings (SSSR count). The van der Waals surface area contributed by atoms with Crippen molar-refractivity contribution in [2.75, 3.05) is 5.75 Å². The third-order valence-corrected chi connectivity index (χ3v) is 5.88. The number of tetrazole rings is 1. The van der Waals surface area contributed by atoms with Gasteiger partial charge in [-0.3, -0.25) is 15.0 Å². The average molecular weight is 415 g/mol. The minimum atomic E-state index is -1.07. The van der Waals surface area contributed by atoms with Crippen LogP contribution in [0.4, 0.5) is 4.79 Å². The van der Waals surface area contributed by atoms with Gasteiger partial charge in [0, 0.05) is 0 Å². The molecular weight excluding hydrogens is 394 g/mol. The zero-order valence-corrected chi connectivity index (χ0v) is 16.7. The minimum absolute atomic E-state index is 0.00904. The number of hydrogen-bond acceptors (Lipinski definition) is 7. The predicted octanol–water partition coefficient (Wildman–Crippen LogP) is 1.07. The van der Waals surface area contributed by atoms with Crippen molar-refractivity contribution in [3.05, 3.63) is 35.9 Å². The number of thioether (sulfide) groups is 1. The summed E-state index contributed by atoms with van der Waals surface area (Å²) >= 11 is 1.17. The van der Waals surface area contributed by atoms with Gasteiger partial charge in [-0.25, -0.2) is 9.48 Å². The Hall–Kier alpha value is -2.95. The number of carbonyl (C=O) groups excluding carboxylic acids is 3. The van der Waals surface area contributed by atoms with Crippen LogP contribution in [-0.2, 0) is 16.0 Å². The van der Waals surface area contributed by atoms with Crippen LogP contribution in [-0.4, -0.2) is 54.4 Å². The quantitative estimate of drug-likeness (QED) is 0.488. The van der Waals surface area contributed by atoms with Gasteiger partial charge in [-0.1, -0.05) is 42.1 Å². The first-order chi connectivity index (χ1) is 14.0. The highest BCUT2D eigenvalue weighted by Crippen LogP contribution is 2.36. The van der Waals surface area contributed by atoms with Crippen molar-refractivity contribution in [1.29, 1.82) is 0 Å². The Morgan fingerprint density at radius 2 is 2.07 bits per heavy atom. The van der Waals surface area contributed by atoms with E-state index < -0.39 is 23.4 Å². The lowest BCUT2D eigenvalue weighted by atomic mass is 9.93. The van der Waals surface area contributed by atoms with Crippen LogP contribution in [0.1, 0.15) is 37.8 Å². The topological polar surface area (TPSA) is 122 Å². The molecular formula is C18H21N7O3S. The molecule has 29 heavy (non-hydrogen) atoms. The second-order valence-electron chi connectivity index (χ2n) is 7.35. The normalized spacial score (nSPS) is 21.3. The summed E-state index contributed by atoms with van der Waals surface area (Å²) in [6, 6.07) is 9.38. The van der Waals surface area contributed by atoms with E-state index >= 15 is 0 Å². The lowest BCUT2D eigenvalue weighted by Crippen LogP contribution is -2.49. The second-order valence-corrected chi connectivity index (χ2v) is 8.29. The van der Waals surface area contributed by atoms with Crippen molar-refractivity contribution in [2.24, 2.45) is 0 Å². The molecule has 10 nitrogen and oxygen atoms in total. The highest BCUT2D eigenvalue weighted by molar-refractivity contribution is 7.99. The van der Waals surface area contributed by atoms with E-state index in [0.29, 0.717) is 24.0 Å². The number of benzene rings is 1. The Morgan fingerprint density at radius 1 is 1.31 bits per heavy atom. The van der Waals surface area contributed by atoms with Crippen LogP contribution in [0.15, 0.2) is 35.5 Å². The number of rotatable bonds is 8. The van der Waals surface area contributed by atoms with Crippen LogP contribution in [0.3, 0.4) is 0 Å². The third-order valence-electron chi connectivity index (χ3n) is 4.94. The molecule has 2 aliphatic rings. The van der Waals surface area contributed by atoms with E-state index in [0.717, 1.165) is 23.4 Å². The summed E-state index contributed by atoms with van der Waals surface area (Å²) in [5.41, 5.74) is 2.40. The molecule has 1 saturated heterocycles. The maximum Gasteiger partial charge on any atom is 0.344 e. The summed E-state index contributed by atoms with van der Waals surface area (Å²) in [6.07, 6.45) is 3.10. The molecule has 11 heteroatoms. The second kappa shape index (κ2) is 7.82. The Kier molecular flexibility index (Phi) is 5.22. The molecule has 2 fully saturated rings. The molecule has 4 amide bonds. The molecule has 2 N–H and O–H groups in total. The molecule has 1 aliphatic heterocycles. The predicted molar refractivity (Wildman–Crippen MR) is 104 cm³/mol. The summed E-state index contributed by atoms with van der Waals surface area (Å²) in [4.78, 5) is 37.3. The summed E-state index contributed by atoms with van der Waals surface area (Å²) in [5, 5.41) is 15.5. The van der Waals surface area contributed by atoms with Gasteiger partial charge in [-0.15, -0.1) is 5.10 Å². The number of imide groups is 1. The highest BCUT2D eigenvalue weighted by atomic mass is 32.2. The van der Waals surface area contributed by atoms with Crippen LogP contribution < -0.4 is 10.7 Å². The van der Waals surface area contributed by atoms with Gasteiger partial charge in [0.2, 0.25) is 11.1 Å². The van der Waals surface area contributed by atoms with Gasteiger partial charge in [0.15, 0.2) is 0 Å². The van der Waals surface area contributed by atoms with Gasteiger partial charge in [-0.05, 0) is 48.6 Å². The van der Waals surface area contributed by atoms with Crippen molar-refractivity contribution >= 4 is 29.6 Å². The SMILES string of the molecule is C[C@]1(CCc2ccccc2)NC(=O)N(NC(=O)CSc2nnnn2C2CC2)C1=O. The summed E-state index contributed by atoms with van der Waals surface area (Å²) in [7, 11) is 0. The number of carbonyl (C=O) groups is 3. The summed E-state index contributed by atoms with van der Waals surface area (Å²) in [6.45, 7) is 1.67. The Bertz CT molecular complexity index is 931. The molecule has 1 aromatic heterocycles. The van der Waals surface area contributed by atoms with E-state index in [-0.39, 0.29) is 5.75 Å². The first-order valence-electron chi connectivity index (χ1n) is 9.37. The molecule has 2 aromatic rings. The fourth-order valence-corrected chi connectivity index (χ4v) is 3.85. The van der Waals surface area contributed by atoms with E-state index in [1.54, 1.807) is 11.6 Å². The van der Waals surface area contributed by atoms with Crippen LogP contribution >= 0.6 is 11.8 Å². The lowest BCUT2D eigenvalue weighted by molar-refractivity contribution is -0.138. The summed E-state index contributed by atoms with van der Waals surface area (Å²) in [5.74, 6) is -0.957. The van der Waals surface area contributed by atoms with Crippen LogP contribution in [0.5, 0.6) is 0 Å². The van der Waals surface area contributed by atoms with Crippen molar-refractivity contribution in [3.8, 4) is 0 Å². The number of amides is 4. The average Bonchev–Trinajstić information content (AvgIpc) is 3.41. The minimum Gasteiger partial charge on any atom is -0.322 e. The molecule has 152 valence electrons. The fourth-order valence-electron chi connectivity index (χ4n) is 3.11. The number of hydrazine groups is 1. The first kappa shape index (κ1) is 19.4. The van der Waals surface area contributed by atoms with E-state index in [1.165, 1.54) is 11.8 Å². The maximum atomic E-state index is 12.8. The molecule has 1 aromatic carbocycles. The monoisotopic (exact) mass is 415 g/mol. The number of urea groups is 1. The van der Waals surface area contributed by atoms with Gasteiger partial charge in [0.25, 0.3) is 5.91 Å². The number of aryl methyl sites for hydroxylation is 1. The van der Waals surface area contributed by atoms with Crippen molar-refractivity contribution < 1.29 is 14.4 Å². The highest BCUT2D eigenvalue weighted by Gasteiger charge is 2.48. The van der Waals surface area contributed by atoms with E-state index in [2.05, 4.69) is 26.3 Å². The molecule has 0 spiro atoms. The Morgan fingerprint density at radius 3 is 2.79 bits per heavy atom. The Balaban J connectivity index is 1.32. The van der Waals surface area contributed by atoms with E-state index in [1.807, 2.05) is 30.3 Å². The number of hydrogen-bond donors (Lipinski definition) is 2. The molecule has 0 bridgehead atoms.